The average Bonchev–Trinajstić information content (AvgIpc) is 2.27. The summed E-state index contributed by atoms with van der Waals surface area (Å²) in [5.41, 5.74) is 0. The van der Waals surface area contributed by atoms with Gasteiger partial charge in [-0.15, -0.1) is 0 Å². The summed E-state index contributed by atoms with van der Waals surface area (Å²) >= 11 is 0. The molecule has 0 aromatic rings. The summed E-state index contributed by atoms with van der Waals surface area (Å²) in [5.74, 6) is 0. The van der Waals surface area contributed by atoms with Crippen LogP contribution in [0.5, 0.6) is 0 Å². The van der Waals surface area contributed by atoms with E-state index in [0.29, 0.717) is 18.7 Å². The van der Waals surface area contributed by atoms with Crippen LogP contribution in [0.3, 0.4) is 0 Å². The maximum Gasteiger partial charge on any atom is 0.0443 e. The second-order valence-electron chi connectivity index (χ2n) is 5.28. The van der Waals surface area contributed by atoms with E-state index in [4.69, 9.17) is 5.11 Å². The zero-order chi connectivity index (χ0) is 13.3. The Balaban J connectivity index is 3.87. The van der Waals surface area contributed by atoms with Gasteiger partial charge in [0.1, 0.15) is 0 Å². The van der Waals surface area contributed by atoms with E-state index in [2.05, 4.69) is 44.4 Å². The maximum atomic E-state index is 8.89. The van der Waals surface area contributed by atoms with Crippen LogP contribution in [0.2, 0.25) is 0 Å². The van der Waals surface area contributed by atoms with Gasteiger partial charge < -0.3 is 14.9 Å². The summed E-state index contributed by atoms with van der Waals surface area (Å²) in [4.78, 5) is 4.97. The van der Waals surface area contributed by atoms with Gasteiger partial charge in [0.15, 0.2) is 0 Å². The molecule has 0 atom stereocenters. The van der Waals surface area contributed by atoms with Crippen molar-refractivity contribution >= 4 is 0 Å². The van der Waals surface area contributed by atoms with Crippen LogP contribution in [0.4, 0.5) is 0 Å². The molecular formula is C14H32N2O. The van der Waals surface area contributed by atoms with E-state index in [1.54, 1.807) is 0 Å². The molecule has 0 radical (unpaired) electrons. The van der Waals surface area contributed by atoms with E-state index < -0.39 is 0 Å². The van der Waals surface area contributed by atoms with Crippen LogP contribution in [0.1, 0.15) is 47.5 Å². The number of hydrogen-bond donors (Lipinski definition) is 1. The molecule has 3 nitrogen and oxygen atoms in total. The summed E-state index contributed by atoms with van der Waals surface area (Å²) < 4.78 is 0. The van der Waals surface area contributed by atoms with Crippen molar-refractivity contribution in [3.05, 3.63) is 0 Å². The quantitative estimate of drug-likeness (QED) is 0.638. The van der Waals surface area contributed by atoms with Crippen molar-refractivity contribution in [2.24, 2.45) is 0 Å². The fourth-order valence-electron chi connectivity index (χ4n) is 2.16. The summed E-state index contributed by atoms with van der Waals surface area (Å²) in [6.45, 7) is 16.0. The van der Waals surface area contributed by atoms with Gasteiger partial charge in [-0.3, -0.25) is 0 Å². The van der Waals surface area contributed by atoms with Crippen LogP contribution in [0.15, 0.2) is 0 Å². The minimum atomic E-state index is 0.302. The summed E-state index contributed by atoms with van der Waals surface area (Å²) in [7, 11) is 0. The third-order valence-corrected chi connectivity index (χ3v) is 3.36. The molecule has 0 saturated heterocycles. The van der Waals surface area contributed by atoms with Crippen molar-refractivity contribution in [3.8, 4) is 0 Å². The van der Waals surface area contributed by atoms with Gasteiger partial charge in [0.05, 0.1) is 0 Å². The minimum Gasteiger partial charge on any atom is -0.396 e. The van der Waals surface area contributed by atoms with Gasteiger partial charge in [0.2, 0.25) is 0 Å². The van der Waals surface area contributed by atoms with E-state index in [1.807, 2.05) is 0 Å². The van der Waals surface area contributed by atoms with Crippen molar-refractivity contribution < 1.29 is 5.11 Å². The third kappa shape index (κ3) is 7.74. The molecule has 0 amide bonds. The third-order valence-electron chi connectivity index (χ3n) is 3.36. The van der Waals surface area contributed by atoms with E-state index in [-0.39, 0.29) is 0 Å². The first-order chi connectivity index (χ1) is 8.02. The Hall–Kier alpha value is -0.120. The zero-order valence-electron chi connectivity index (χ0n) is 12.4. The average molecular weight is 244 g/mol. The Labute approximate surface area is 108 Å². The second kappa shape index (κ2) is 9.86. The Morgan fingerprint density at radius 2 is 1.29 bits per heavy atom. The fourth-order valence-corrected chi connectivity index (χ4v) is 2.16. The number of aliphatic hydroxyl groups excluding tert-OH is 1. The molecule has 17 heavy (non-hydrogen) atoms. The van der Waals surface area contributed by atoms with Crippen molar-refractivity contribution in [1.29, 1.82) is 0 Å². The molecule has 0 aliphatic rings. The molecule has 3 heteroatoms. The van der Waals surface area contributed by atoms with Gasteiger partial charge in [-0.1, -0.05) is 6.92 Å². The van der Waals surface area contributed by atoms with Crippen molar-refractivity contribution in [2.75, 3.05) is 32.8 Å². The normalized spacial score (nSPS) is 12.4. The smallest absolute Gasteiger partial charge is 0.0443 e. The molecule has 0 fully saturated rings. The van der Waals surface area contributed by atoms with Crippen molar-refractivity contribution in [1.82, 2.24) is 9.80 Å². The topological polar surface area (TPSA) is 26.7 Å². The van der Waals surface area contributed by atoms with E-state index in [0.717, 1.165) is 26.1 Å². The minimum absolute atomic E-state index is 0.302. The molecule has 0 aromatic heterocycles. The van der Waals surface area contributed by atoms with Crippen LogP contribution < -0.4 is 0 Å². The van der Waals surface area contributed by atoms with Crippen LogP contribution >= 0.6 is 0 Å². The molecular weight excluding hydrogens is 212 g/mol. The van der Waals surface area contributed by atoms with Gasteiger partial charge in [-0.2, -0.15) is 0 Å². The molecule has 0 rings (SSSR count). The molecule has 0 aromatic carbocycles. The number of rotatable bonds is 10. The van der Waals surface area contributed by atoms with E-state index >= 15 is 0 Å². The largest absolute Gasteiger partial charge is 0.396 e. The second-order valence-corrected chi connectivity index (χ2v) is 5.28. The first kappa shape index (κ1) is 16.9. The lowest BCUT2D eigenvalue weighted by atomic mass is 10.2. The van der Waals surface area contributed by atoms with Gasteiger partial charge in [-0.05, 0) is 60.2 Å². The Bertz CT molecular complexity index is 172. The van der Waals surface area contributed by atoms with Crippen molar-refractivity contribution in [3.63, 3.8) is 0 Å². The highest BCUT2D eigenvalue weighted by Gasteiger charge is 2.10. The van der Waals surface area contributed by atoms with Crippen LogP contribution in [-0.4, -0.2) is 59.8 Å². The lowest BCUT2D eigenvalue weighted by Gasteiger charge is -2.29. The molecule has 0 aliphatic carbocycles. The monoisotopic (exact) mass is 244 g/mol. The predicted octanol–water partition coefficient (Wildman–Crippen LogP) is 2.20. The number of nitrogens with zero attached hydrogens (tertiary/aromatic N) is 2. The van der Waals surface area contributed by atoms with Crippen molar-refractivity contribution in [2.45, 2.75) is 59.5 Å². The Kier molecular flexibility index (Phi) is 9.79. The summed E-state index contributed by atoms with van der Waals surface area (Å²) in [5, 5.41) is 8.89. The molecule has 0 saturated carbocycles. The molecule has 104 valence electrons. The molecule has 1 N–H and O–H groups in total. The zero-order valence-corrected chi connectivity index (χ0v) is 12.4. The maximum absolute atomic E-state index is 8.89. The lowest BCUT2D eigenvalue weighted by Crippen LogP contribution is -2.37. The highest BCUT2D eigenvalue weighted by atomic mass is 16.3. The summed E-state index contributed by atoms with van der Waals surface area (Å²) in [6.07, 6.45) is 2.11. The van der Waals surface area contributed by atoms with Gasteiger partial charge in [-0.25, -0.2) is 0 Å². The van der Waals surface area contributed by atoms with Gasteiger partial charge in [0.25, 0.3) is 0 Å². The first-order valence-electron chi connectivity index (χ1n) is 7.11. The highest BCUT2D eigenvalue weighted by molar-refractivity contribution is 4.66. The van der Waals surface area contributed by atoms with E-state index in [1.165, 1.54) is 13.0 Å². The van der Waals surface area contributed by atoms with Crippen LogP contribution in [0.25, 0.3) is 0 Å². The highest BCUT2D eigenvalue weighted by Crippen LogP contribution is 2.04. The van der Waals surface area contributed by atoms with Gasteiger partial charge >= 0.3 is 0 Å². The van der Waals surface area contributed by atoms with Crippen LogP contribution in [-0.2, 0) is 0 Å². The molecule has 0 aliphatic heterocycles. The number of aliphatic hydroxyl groups is 1. The molecule has 0 heterocycles. The molecule has 0 unspecified atom stereocenters. The Morgan fingerprint density at radius 3 is 1.71 bits per heavy atom. The molecule has 0 spiro atoms. The van der Waals surface area contributed by atoms with Gasteiger partial charge in [0, 0.05) is 25.2 Å². The van der Waals surface area contributed by atoms with Crippen LogP contribution in [0, 0.1) is 0 Å². The Morgan fingerprint density at radius 1 is 0.824 bits per heavy atom. The summed E-state index contributed by atoms with van der Waals surface area (Å²) in [6, 6.07) is 1.22. The number of hydrogen-bond acceptors (Lipinski definition) is 3. The SMILES string of the molecule is CCN(CCCN(CCCO)C(C)C)C(C)C. The standard InChI is InChI=1S/C14H32N2O/c1-6-15(13(2)3)9-7-10-16(14(4)5)11-8-12-17/h13-14,17H,6-12H2,1-5H3. The fraction of sp³-hybridized carbons (Fsp3) is 1.00. The molecule has 0 bridgehead atoms. The lowest BCUT2D eigenvalue weighted by molar-refractivity contribution is 0.169. The van der Waals surface area contributed by atoms with E-state index in [9.17, 15) is 0 Å². The first-order valence-corrected chi connectivity index (χ1v) is 7.11. The predicted molar refractivity (Wildman–Crippen MR) is 75.4 cm³/mol.